The van der Waals surface area contributed by atoms with E-state index in [1.807, 2.05) is 98.1 Å². The summed E-state index contributed by atoms with van der Waals surface area (Å²) in [6.07, 6.45) is 4.14. The molecule has 0 saturated carbocycles. The number of aromatic nitrogens is 2. The summed E-state index contributed by atoms with van der Waals surface area (Å²) in [6, 6.07) is 26.4. The Bertz CT molecular complexity index is 1750. The molecule has 0 spiro atoms. The van der Waals surface area contributed by atoms with Crippen LogP contribution in [-0.2, 0) is 16.2 Å². The Morgan fingerprint density at radius 1 is 1.00 bits per heavy atom. The molecule has 1 atom stereocenters. The number of nitriles is 1. The van der Waals surface area contributed by atoms with Crippen LogP contribution in [0.25, 0.3) is 23.0 Å². The summed E-state index contributed by atoms with van der Waals surface area (Å²) in [7, 11) is 0. The van der Waals surface area contributed by atoms with Gasteiger partial charge in [0.15, 0.2) is 0 Å². The maximum absolute atomic E-state index is 13.6. The standard InChI is InChI=1S/C34H29ClN4O3/c1-4-22(2)39-33(40)29(23(3)30(19-36)34(39)41)18-26-20-38(27-11-6-5-7-12-27)37-32(26)24-14-16-28(17-15-24)42-21-25-10-8-9-13-31(25)35/h5-18,20,22H,4,21H2,1-3H3/b29-18+. The lowest BCUT2D eigenvalue weighted by Crippen LogP contribution is -2.47. The van der Waals surface area contributed by atoms with Crippen molar-refractivity contribution in [1.82, 2.24) is 14.7 Å². The van der Waals surface area contributed by atoms with Gasteiger partial charge in [0.1, 0.15) is 24.0 Å². The second kappa shape index (κ2) is 12.3. The number of amides is 2. The first-order chi connectivity index (χ1) is 20.3. The predicted molar refractivity (Wildman–Crippen MR) is 163 cm³/mol. The monoisotopic (exact) mass is 576 g/mol. The Balaban J connectivity index is 1.56. The second-order valence-corrected chi connectivity index (χ2v) is 10.4. The number of hydrogen-bond donors (Lipinski definition) is 0. The van der Waals surface area contributed by atoms with Gasteiger partial charge in [0, 0.05) is 39.5 Å². The van der Waals surface area contributed by atoms with Crippen LogP contribution in [0.1, 0.15) is 38.3 Å². The summed E-state index contributed by atoms with van der Waals surface area (Å²) in [5.41, 5.74) is 4.46. The number of hydrogen-bond acceptors (Lipinski definition) is 5. The van der Waals surface area contributed by atoms with E-state index >= 15 is 0 Å². The summed E-state index contributed by atoms with van der Waals surface area (Å²) < 4.78 is 7.71. The quantitative estimate of drug-likeness (QED) is 0.164. The van der Waals surface area contributed by atoms with Gasteiger partial charge in [-0.2, -0.15) is 10.4 Å². The zero-order chi connectivity index (χ0) is 29.8. The number of nitrogens with zero attached hydrogens (tertiary/aromatic N) is 4. The minimum atomic E-state index is -0.556. The molecule has 2 heterocycles. The number of ether oxygens (including phenoxy) is 1. The number of imide groups is 1. The molecule has 0 saturated heterocycles. The minimum Gasteiger partial charge on any atom is -0.489 e. The van der Waals surface area contributed by atoms with Crippen LogP contribution in [0.15, 0.2) is 102 Å². The number of rotatable bonds is 8. The third-order valence-electron chi connectivity index (χ3n) is 7.35. The average molecular weight is 577 g/mol. The first-order valence-corrected chi connectivity index (χ1v) is 14.0. The minimum absolute atomic E-state index is 0.0295. The third-order valence-corrected chi connectivity index (χ3v) is 7.72. The Kier molecular flexibility index (Phi) is 8.37. The first-order valence-electron chi connectivity index (χ1n) is 13.6. The van der Waals surface area contributed by atoms with Crippen molar-refractivity contribution in [3.63, 3.8) is 0 Å². The first kappa shape index (κ1) is 28.6. The normalized spacial score (nSPS) is 15.2. The molecule has 1 aliphatic rings. The molecular formula is C34H29ClN4O3. The van der Waals surface area contributed by atoms with Gasteiger partial charge in [-0.05, 0) is 74.4 Å². The molecule has 1 aliphatic heterocycles. The van der Waals surface area contributed by atoms with Gasteiger partial charge < -0.3 is 4.74 Å². The van der Waals surface area contributed by atoms with Crippen molar-refractivity contribution in [2.24, 2.45) is 0 Å². The van der Waals surface area contributed by atoms with E-state index in [0.29, 0.717) is 46.2 Å². The Morgan fingerprint density at radius 3 is 2.36 bits per heavy atom. The van der Waals surface area contributed by atoms with Crippen molar-refractivity contribution in [3.05, 3.63) is 118 Å². The molecule has 5 rings (SSSR count). The largest absolute Gasteiger partial charge is 0.489 e. The highest BCUT2D eigenvalue weighted by Crippen LogP contribution is 2.33. The smallest absolute Gasteiger partial charge is 0.271 e. The van der Waals surface area contributed by atoms with E-state index in [2.05, 4.69) is 0 Å². The van der Waals surface area contributed by atoms with Gasteiger partial charge in [0.2, 0.25) is 0 Å². The lowest BCUT2D eigenvalue weighted by molar-refractivity contribution is -0.142. The number of halogens is 1. The highest BCUT2D eigenvalue weighted by molar-refractivity contribution is 6.31. The Morgan fingerprint density at radius 2 is 1.69 bits per heavy atom. The fourth-order valence-corrected chi connectivity index (χ4v) is 4.94. The van der Waals surface area contributed by atoms with Crippen LogP contribution < -0.4 is 4.74 Å². The van der Waals surface area contributed by atoms with E-state index in [1.165, 1.54) is 4.90 Å². The van der Waals surface area contributed by atoms with E-state index in [1.54, 1.807) is 24.6 Å². The molecular weight excluding hydrogens is 548 g/mol. The summed E-state index contributed by atoms with van der Waals surface area (Å²) in [6.45, 7) is 5.67. The molecule has 2 amide bonds. The van der Waals surface area contributed by atoms with Crippen LogP contribution in [0.4, 0.5) is 0 Å². The molecule has 1 aromatic heterocycles. The lowest BCUT2D eigenvalue weighted by Gasteiger charge is -2.31. The fourth-order valence-electron chi connectivity index (χ4n) is 4.75. The number of para-hydroxylation sites is 1. The highest BCUT2D eigenvalue weighted by atomic mass is 35.5. The van der Waals surface area contributed by atoms with Gasteiger partial charge in [0.25, 0.3) is 11.8 Å². The summed E-state index contributed by atoms with van der Waals surface area (Å²) in [4.78, 5) is 27.8. The molecule has 0 aliphatic carbocycles. The Hall–Kier alpha value is -4.93. The van der Waals surface area contributed by atoms with E-state index in [9.17, 15) is 14.9 Å². The van der Waals surface area contributed by atoms with Crippen molar-refractivity contribution in [3.8, 4) is 28.8 Å². The van der Waals surface area contributed by atoms with Crippen LogP contribution in [0.2, 0.25) is 5.02 Å². The van der Waals surface area contributed by atoms with Crippen molar-refractivity contribution >= 4 is 29.5 Å². The van der Waals surface area contributed by atoms with E-state index in [0.717, 1.165) is 16.8 Å². The van der Waals surface area contributed by atoms with Gasteiger partial charge in [-0.3, -0.25) is 14.5 Å². The number of carbonyl (C=O) groups is 2. The van der Waals surface area contributed by atoms with E-state index in [4.69, 9.17) is 21.4 Å². The van der Waals surface area contributed by atoms with Crippen LogP contribution in [0.5, 0.6) is 5.75 Å². The van der Waals surface area contributed by atoms with Crippen LogP contribution in [-0.4, -0.2) is 32.5 Å². The van der Waals surface area contributed by atoms with Crippen molar-refractivity contribution in [2.45, 2.75) is 39.8 Å². The fraction of sp³-hybridized carbons (Fsp3) is 0.176. The molecule has 0 radical (unpaired) electrons. The summed E-state index contributed by atoms with van der Waals surface area (Å²) in [5, 5.41) is 15.3. The zero-order valence-electron chi connectivity index (χ0n) is 23.5. The molecule has 8 heteroatoms. The van der Waals surface area contributed by atoms with Crippen LogP contribution in [0, 0.1) is 11.3 Å². The van der Waals surface area contributed by atoms with Crippen LogP contribution in [0.3, 0.4) is 0 Å². The zero-order valence-corrected chi connectivity index (χ0v) is 24.3. The van der Waals surface area contributed by atoms with E-state index < -0.39 is 11.8 Å². The summed E-state index contributed by atoms with van der Waals surface area (Å²) >= 11 is 6.26. The maximum Gasteiger partial charge on any atom is 0.271 e. The predicted octanol–water partition coefficient (Wildman–Crippen LogP) is 7.16. The molecule has 210 valence electrons. The maximum atomic E-state index is 13.6. The van der Waals surface area contributed by atoms with Gasteiger partial charge in [-0.15, -0.1) is 0 Å². The van der Waals surface area contributed by atoms with Gasteiger partial charge >= 0.3 is 0 Å². The Labute approximate surface area is 249 Å². The van der Waals surface area contributed by atoms with Gasteiger partial charge in [-0.25, -0.2) is 4.68 Å². The SMILES string of the molecule is CCC(C)N1C(=O)C(C#N)=C(C)/C(=C\c2cn(-c3ccccc3)nc2-c2ccc(OCc3ccccc3Cl)cc2)C1=O. The molecule has 0 N–H and O–H groups in total. The highest BCUT2D eigenvalue weighted by Gasteiger charge is 2.37. The third kappa shape index (κ3) is 5.63. The molecule has 0 fully saturated rings. The lowest BCUT2D eigenvalue weighted by atomic mass is 9.92. The van der Waals surface area contributed by atoms with Crippen molar-refractivity contribution in [2.75, 3.05) is 0 Å². The molecule has 7 nitrogen and oxygen atoms in total. The van der Waals surface area contributed by atoms with Crippen molar-refractivity contribution in [1.29, 1.82) is 5.26 Å². The van der Waals surface area contributed by atoms with E-state index in [-0.39, 0.29) is 11.6 Å². The van der Waals surface area contributed by atoms with Gasteiger partial charge in [-0.1, -0.05) is 54.9 Å². The number of benzene rings is 3. The summed E-state index contributed by atoms with van der Waals surface area (Å²) in [5.74, 6) is -0.310. The average Bonchev–Trinajstić information content (AvgIpc) is 3.43. The molecule has 42 heavy (non-hydrogen) atoms. The van der Waals surface area contributed by atoms with Crippen LogP contribution >= 0.6 is 11.6 Å². The molecule has 3 aromatic carbocycles. The molecule has 0 bridgehead atoms. The van der Waals surface area contributed by atoms with Crippen molar-refractivity contribution < 1.29 is 14.3 Å². The topological polar surface area (TPSA) is 88.2 Å². The second-order valence-electron chi connectivity index (χ2n) is 10.0. The molecule has 4 aromatic rings. The number of carbonyl (C=O) groups excluding carboxylic acids is 2. The molecule has 1 unspecified atom stereocenters. The van der Waals surface area contributed by atoms with Gasteiger partial charge in [0.05, 0.1) is 11.4 Å².